The molecule has 2 aliphatic rings. The molecule has 0 amide bonds. The number of fused-ring (bicyclic) bond motifs is 1. The molecule has 1 aromatic rings. The molecule has 1 aromatic carbocycles. The second-order valence-corrected chi connectivity index (χ2v) is 12.6. The summed E-state index contributed by atoms with van der Waals surface area (Å²) in [5.41, 5.74) is 2.09. The Kier molecular flexibility index (Phi) is 8.91. The molecule has 1 N–H and O–H groups in total. The van der Waals surface area contributed by atoms with E-state index in [9.17, 15) is 26.7 Å². The number of aryl methyl sites for hydroxylation is 1. The van der Waals surface area contributed by atoms with Gasteiger partial charge in [-0.05, 0) is 86.8 Å². The normalized spacial score (nSPS) is 22.6. The highest BCUT2D eigenvalue weighted by Gasteiger charge is 2.31. The predicted molar refractivity (Wildman–Crippen MR) is 138 cm³/mol. The fraction of sp³-hybridized carbons (Fsp3) is 0.536. The van der Waals surface area contributed by atoms with Gasteiger partial charge in [0.2, 0.25) is 9.84 Å². The number of rotatable bonds is 6. The third-order valence-corrected chi connectivity index (χ3v) is 8.35. The summed E-state index contributed by atoms with van der Waals surface area (Å²) in [5, 5.41) is 10.1. The van der Waals surface area contributed by atoms with E-state index in [4.69, 9.17) is 4.99 Å². The van der Waals surface area contributed by atoms with Gasteiger partial charge < -0.3 is 5.11 Å². The number of unbranched alkanes of at least 4 members (excludes halogenated alkanes) is 1. The lowest BCUT2D eigenvalue weighted by Gasteiger charge is -2.28. The minimum absolute atomic E-state index is 0.0225. The largest absolute Gasteiger partial charge is 0.508 e. The Balaban J connectivity index is 1.94. The monoisotopic (exact) mass is 523 g/mol. The molecule has 0 saturated heterocycles. The molecule has 1 heterocycles. The molecule has 1 aliphatic carbocycles. The van der Waals surface area contributed by atoms with Gasteiger partial charge in [0.25, 0.3) is 0 Å². The molecule has 0 radical (unpaired) electrons. The lowest BCUT2D eigenvalue weighted by atomic mass is 9.78. The van der Waals surface area contributed by atoms with Crippen LogP contribution in [0.2, 0.25) is 0 Å². The maximum atomic E-state index is 13.5. The molecular weight excluding hydrogens is 487 g/mol. The number of hydrogen-bond donors (Lipinski definition) is 1. The van der Waals surface area contributed by atoms with E-state index < -0.39 is 22.4 Å². The van der Waals surface area contributed by atoms with Crippen LogP contribution in [0.25, 0.3) is 0 Å². The van der Waals surface area contributed by atoms with Crippen LogP contribution >= 0.6 is 0 Å². The van der Waals surface area contributed by atoms with Crippen molar-refractivity contribution in [2.24, 2.45) is 16.3 Å². The number of aliphatic hydroxyl groups is 1. The van der Waals surface area contributed by atoms with E-state index in [-0.39, 0.29) is 33.3 Å². The van der Waals surface area contributed by atoms with Gasteiger partial charge in [-0.1, -0.05) is 39.3 Å². The predicted octanol–water partition coefficient (Wildman–Crippen LogP) is 8.33. The van der Waals surface area contributed by atoms with Gasteiger partial charge in [0, 0.05) is 17.5 Å². The van der Waals surface area contributed by atoms with Crippen LogP contribution in [0.3, 0.4) is 0 Å². The van der Waals surface area contributed by atoms with Crippen molar-refractivity contribution in [3.63, 3.8) is 0 Å². The number of benzene rings is 1. The molecular formula is C28H36F3NO3S. The molecule has 0 saturated carbocycles. The van der Waals surface area contributed by atoms with Gasteiger partial charge in [0.05, 0.1) is 15.5 Å². The zero-order valence-electron chi connectivity index (χ0n) is 21.2. The Morgan fingerprint density at radius 2 is 1.86 bits per heavy atom. The average Bonchev–Trinajstić information content (AvgIpc) is 2.88. The molecule has 0 aromatic heterocycles. The summed E-state index contributed by atoms with van der Waals surface area (Å²) in [6.07, 6.45) is 6.13. The van der Waals surface area contributed by atoms with Crippen LogP contribution in [0.1, 0.15) is 77.7 Å². The third-order valence-electron chi connectivity index (χ3n) is 6.60. The van der Waals surface area contributed by atoms with Crippen molar-refractivity contribution in [1.29, 1.82) is 0 Å². The SMILES string of the molecule is CC(C)(C)C1=Nc2cc(S(=O)(=O)/C3=C/C(O)=C\CCCC=C3)ccc2CCC1CCCCC(F)(F)F. The quantitative estimate of drug-likeness (QED) is 0.381. The number of allylic oxidation sites excluding steroid dienone is 4. The number of sulfone groups is 1. The highest BCUT2D eigenvalue weighted by Crippen LogP contribution is 2.38. The first-order chi connectivity index (χ1) is 16.8. The zero-order valence-corrected chi connectivity index (χ0v) is 22.1. The van der Waals surface area contributed by atoms with E-state index in [1.807, 2.05) is 20.8 Å². The van der Waals surface area contributed by atoms with Crippen LogP contribution in [-0.4, -0.2) is 25.4 Å². The molecule has 8 heteroatoms. The van der Waals surface area contributed by atoms with Crippen molar-refractivity contribution < 1.29 is 26.7 Å². The first-order valence-electron chi connectivity index (χ1n) is 12.6. The van der Waals surface area contributed by atoms with Crippen LogP contribution in [0.15, 0.2) is 63.1 Å². The van der Waals surface area contributed by atoms with Crippen molar-refractivity contribution in [3.8, 4) is 0 Å². The third kappa shape index (κ3) is 7.58. The van der Waals surface area contributed by atoms with E-state index in [1.54, 1.807) is 30.4 Å². The first-order valence-corrected chi connectivity index (χ1v) is 14.1. The molecule has 3 rings (SSSR count). The molecule has 4 nitrogen and oxygen atoms in total. The maximum Gasteiger partial charge on any atom is 0.389 e. The summed E-state index contributed by atoms with van der Waals surface area (Å²) in [5.74, 6) is -0.0379. The molecule has 36 heavy (non-hydrogen) atoms. The van der Waals surface area contributed by atoms with Crippen molar-refractivity contribution in [2.45, 2.75) is 89.6 Å². The highest BCUT2D eigenvalue weighted by atomic mass is 32.2. The van der Waals surface area contributed by atoms with Gasteiger partial charge in [-0.2, -0.15) is 13.2 Å². The van der Waals surface area contributed by atoms with Crippen LogP contribution < -0.4 is 0 Å². The van der Waals surface area contributed by atoms with Gasteiger partial charge in [-0.3, -0.25) is 4.99 Å². The topological polar surface area (TPSA) is 66.7 Å². The molecule has 0 spiro atoms. The second kappa shape index (κ2) is 11.4. The van der Waals surface area contributed by atoms with Crippen LogP contribution in [0.4, 0.5) is 18.9 Å². The van der Waals surface area contributed by atoms with Crippen molar-refractivity contribution in [2.75, 3.05) is 0 Å². The zero-order chi connectivity index (χ0) is 26.6. The number of nitrogens with zero attached hydrogens (tertiary/aromatic N) is 1. The Morgan fingerprint density at radius 3 is 2.56 bits per heavy atom. The summed E-state index contributed by atoms with van der Waals surface area (Å²) in [6, 6.07) is 4.95. The minimum Gasteiger partial charge on any atom is -0.508 e. The minimum atomic E-state index is -4.14. The Morgan fingerprint density at radius 1 is 1.11 bits per heavy atom. The fourth-order valence-electron chi connectivity index (χ4n) is 4.73. The van der Waals surface area contributed by atoms with Crippen molar-refractivity contribution >= 4 is 21.2 Å². The summed E-state index contributed by atoms with van der Waals surface area (Å²) in [7, 11) is -3.90. The van der Waals surface area contributed by atoms with Crippen LogP contribution in [-0.2, 0) is 16.3 Å². The second-order valence-electron chi connectivity index (χ2n) is 10.6. The highest BCUT2D eigenvalue weighted by molar-refractivity contribution is 7.95. The van der Waals surface area contributed by atoms with E-state index in [0.717, 1.165) is 24.1 Å². The van der Waals surface area contributed by atoms with E-state index in [0.29, 0.717) is 37.8 Å². The van der Waals surface area contributed by atoms with E-state index in [1.165, 1.54) is 12.2 Å². The Hall–Kier alpha value is -2.35. The van der Waals surface area contributed by atoms with Crippen molar-refractivity contribution in [1.82, 2.24) is 0 Å². The smallest absolute Gasteiger partial charge is 0.389 e. The van der Waals surface area contributed by atoms with Gasteiger partial charge in [0.1, 0.15) is 5.76 Å². The standard InChI is InChI=1S/C28H36F3NO3S/c1-27(2,3)26-21(10-8-9-17-28(29,30)31)14-13-20-15-16-24(19-25(20)32-26)36(34,35)23-12-7-5-4-6-11-22(33)18-23/h7,11-12,15-16,18-19,21,33H,4-6,8-10,13-14,17H2,1-3H3/b12-7?,22-11+,23-18+. The fourth-order valence-corrected chi connectivity index (χ4v) is 6.07. The van der Waals surface area contributed by atoms with Crippen molar-refractivity contribution in [3.05, 3.63) is 58.7 Å². The summed E-state index contributed by atoms with van der Waals surface area (Å²) in [6.45, 7) is 6.09. The van der Waals surface area contributed by atoms with Gasteiger partial charge in [0.15, 0.2) is 0 Å². The van der Waals surface area contributed by atoms with Gasteiger partial charge >= 0.3 is 6.18 Å². The Bertz CT molecular complexity index is 1170. The summed E-state index contributed by atoms with van der Waals surface area (Å²) in [4.78, 5) is 5.06. The molecule has 0 fully saturated rings. The first kappa shape index (κ1) is 28.2. The summed E-state index contributed by atoms with van der Waals surface area (Å²) < 4.78 is 64.7. The Labute approximate surface area is 212 Å². The number of alkyl halides is 3. The molecule has 1 unspecified atom stereocenters. The van der Waals surface area contributed by atoms with Crippen LogP contribution in [0, 0.1) is 11.3 Å². The molecule has 1 atom stereocenters. The molecule has 0 bridgehead atoms. The van der Waals surface area contributed by atoms with Crippen LogP contribution in [0.5, 0.6) is 0 Å². The lowest BCUT2D eigenvalue weighted by molar-refractivity contribution is -0.135. The molecule has 198 valence electrons. The summed E-state index contributed by atoms with van der Waals surface area (Å²) >= 11 is 0. The van der Waals surface area contributed by atoms with E-state index in [2.05, 4.69) is 0 Å². The maximum absolute atomic E-state index is 13.5. The van der Waals surface area contributed by atoms with Gasteiger partial charge in [-0.15, -0.1) is 0 Å². The number of hydrogen-bond acceptors (Lipinski definition) is 4. The van der Waals surface area contributed by atoms with E-state index >= 15 is 0 Å². The lowest BCUT2D eigenvalue weighted by Crippen LogP contribution is -2.28. The number of halogens is 3. The number of aliphatic hydroxyl groups excluding tert-OH is 1. The number of aliphatic imine (C=N–C) groups is 1. The average molecular weight is 524 g/mol. The van der Waals surface area contributed by atoms with Gasteiger partial charge in [-0.25, -0.2) is 8.42 Å². The molecule has 1 aliphatic heterocycles.